The van der Waals surface area contributed by atoms with Gasteiger partial charge in [0, 0.05) is 13.1 Å². The monoisotopic (exact) mass is 289 g/mol. The van der Waals surface area contributed by atoms with E-state index in [-0.39, 0.29) is 21.9 Å². The molecule has 18 heavy (non-hydrogen) atoms. The minimum atomic E-state index is -0.574. The number of nitrogens with zero attached hydrogens (tertiary/aromatic N) is 1. The van der Waals surface area contributed by atoms with Crippen molar-refractivity contribution in [3.63, 3.8) is 0 Å². The maximum absolute atomic E-state index is 13.3. The molecule has 0 bridgehead atoms. The van der Waals surface area contributed by atoms with E-state index in [1.165, 1.54) is 18.2 Å². The van der Waals surface area contributed by atoms with Crippen molar-refractivity contribution < 1.29 is 9.18 Å². The number of carbonyl (C=O) groups is 1. The second-order valence-electron chi connectivity index (χ2n) is 4.63. The zero-order valence-corrected chi connectivity index (χ0v) is 11.5. The zero-order valence-electron chi connectivity index (χ0n) is 10.00. The van der Waals surface area contributed by atoms with Crippen LogP contribution in [0.15, 0.2) is 18.2 Å². The highest BCUT2D eigenvalue weighted by atomic mass is 35.5. The molecule has 1 aromatic carbocycles. The smallest absolute Gasteiger partial charge is 0.255 e. The Morgan fingerprint density at radius 3 is 2.89 bits per heavy atom. The van der Waals surface area contributed by atoms with Gasteiger partial charge in [0.05, 0.1) is 16.0 Å². The second-order valence-corrected chi connectivity index (χ2v) is 5.57. The molecule has 0 N–H and O–H groups in total. The quantitative estimate of drug-likeness (QED) is 0.724. The third-order valence-electron chi connectivity index (χ3n) is 3.34. The van der Waals surface area contributed by atoms with E-state index in [0.717, 1.165) is 6.42 Å². The van der Waals surface area contributed by atoms with E-state index in [0.29, 0.717) is 19.0 Å². The predicted octanol–water partition coefficient (Wildman–Crippen LogP) is 3.57. The van der Waals surface area contributed by atoms with Gasteiger partial charge in [-0.3, -0.25) is 4.79 Å². The van der Waals surface area contributed by atoms with E-state index in [4.69, 9.17) is 23.2 Å². The van der Waals surface area contributed by atoms with E-state index >= 15 is 0 Å². The van der Waals surface area contributed by atoms with Gasteiger partial charge in [-0.2, -0.15) is 0 Å². The lowest BCUT2D eigenvalue weighted by atomic mass is 9.98. The van der Waals surface area contributed by atoms with Gasteiger partial charge in [-0.25, -0.2) is 4.39 Å². The van der Waals surface area contributed by atoms with Crippen LogP contribution in [-0.2, 0) is 0 Å². The number of rotatable bonds is 1. The Kier molecular flexibility index (Phi) is 4.13. The number of hydrogen-bond acceptors (Lipinski definition) is 1. The maximum Gasteiger partial charge on any atom is 0.255 e. The highest BCUT2D eigenvalue weighted by Gasteiger charge is 2.29. The van der Waals surface area contributed by atoms with Crippen molar-refractivity contribution in [3.05, 3.63) is 34.6 Å². The summed E-state index contributed by atoms with van der Waals surface area (Å²) in [4.78, 5) is 13.9. The van der Waals surface area contributed by atoms with E-state index in [9.17, 15) is 9.18 Å². The Morgan fingerprint density at radius 2 is 2.22 bits per heavy atom. The molecule has 0 aromatic heterocycles. The lowest BCUT2D eigenvalue weighted by molar-refractivity contribution is 0.0701. The molecule has 5 heteroatoms. The summed E-state index contributed by atoms with van der Waals surface area (Å²) in [5, 5.41) is -0.178. The predicted molar refractivity (Wildman–Crippen MR) is 70.7 cm³/mol. The fraction of sp³-hybridized carbons (Fsp3) is 0.462. The Balaban J connectivity index is 2.19. The zero-order chi connectivity index (χ0) is 13.3. The number of likely N-dealkylation sites (tertiary alicyclic amines) is 1. The fourth-order valence-electron chi connectivity index (χ4n) is 2.05. The first-order valence-electron chi connectivity index (χ1n) is 5.88. The average Bonchev–Trinajstić information content (AvgIpc) is 2.35. The van der Waals surface area contributed by atoms with Gasteiger partial charge in [-0.15, -0.1) is 11.6 Å². The molecule has 1 fully saturated rings. The SMILES string of the molecule is CC1CCN(C(=O)c2cccc(F)c2Cl)CC1Cl. The third-order valence-corrected chi connectivity index (χ3v) is 4.29. The molecule has 98 valence electrons. The van der Waals surface area contributed by atoms with Crippen LogP contribution in [0, 0.1) is 11.7 Å². The summed E-state index contributed by atoms with van der Waals surface area (Å²) in [7, 11) is 0. The molecule has 0 aliphatic carbocycles. The molecule has 0 spiro atoms. The van der Waals surface area contributed by atoms with Crippen molar-refractivity contribution in [2.45, 2.75) is 18.7 Å². The van der Waals surface area contributed by atoms with E-state index in [2.05, 4.69) is 6.92 Å². The largest absolute Gasteiger partial charge is 0.337 e. The summed E-state index contributed by atoms with van der Waals surface area (Å²) < 4.78 is 13.3. The highest BCUT2D eigenvalue weighted by Crippen LogP contribution is 2.26. The lowest BCUT2D eigenvalue weighted by Crippen LogP contribution is -2.43. The van der Waals surface area contributed by atoms with Crippen molar-refractivity contribution in [2.75, 3.05) is 13.1 Å². The molecule has 1 amide bonds. The summed E-state index contributed by atoms with van der Waals surface area (Å²) in [5.74, 6) is -0.439. The van der Waals surface area contributed by atoms with Crippen molar-refractivity contribution in [2.24, 2.45) is 5.92 Å². The first-order valence-corrected chi connectivity index (χ1v) is 6.69. The molecule has 1 aromatic rings. The van der Waals surface area contributed by atoms with Crippen LogP contribution in [0.5, 0.6) is 0 Å². The molecule has 2 nitrogen and oxygen atoms in total. The maximum atomic E-state index is 13.3. The summed E-state index contributed by atoms with van der Waals surface area (Å²) in [6, 6.07) is 4.26. The van der Waals surface area contributed by atoms with Gasteiger partial charge in [-0.05, 0) is 24.5 Å². The lowest BCUT2D eigenvalue weighted by Gasteiger charge is -2.34. The van der Waals surface area contributed by atoms with Crippen LogP contribution in [0.3, 0.4) is 0 Å². The van der Waals surface area contributed by atoms with Crippen LogP contribution < -0.4 is 0 Å². The molecule has 1 saturated heterocycles. The summed E-state index contributed by atoms with van der Waals surface area (Å²) in [6.07, 6.45) is 0.854. The first-order chi connectivity index (χ1) is 8.50. The summed E-state index contributed by atoms with van der Waals surface area (Å²) >= 11 is 12.0. The number of halogens is 3. The third kappa shape index (κ3) is 2.62. The molecule has 2 rings (SSSR count). The van der Waals surface area contributed by atoms with Gasteiger partial charge in [0.1, 0.15) is 5.82 Å². The van der Waals surface area contributed by atoms with Crippen LogP contribution >= 0.6 is 23.2 Å². The number of hydrogen-bond donors (Lipinski definition) is 0. The molecule has 1 heterocycles. The topological polar surface area (TPSA) is 20.3 Å². The Hall–Kier alpha value is -0.800. The van der Waals surface area contributed by atoms with Gasteiger partial charge in [0.2, 0.25) is 0 Å². The van der Waals surface area contributed by atoms with Crippen LogP contribution in [0.4, 0.5) is 4.39 Å². The molecule has 0 saturated carbocycles. The molecule has 2 atom stereocenters. The van der Waals surface area contributed by atoms with Gasteiger partial charge < -0.3 is 4.90 Å². The summed E-state index contributed by atoms with van der Waals surface area (Å²) in [5.41, 5.74) is 0.204. The van der Waals surface area contributed by atoms with Gasteiger partial charge in [-0.1, -0.05) is 24.6 Å². The fourth-order valence-corrected chi connectivity index (χ4v) is 2.55. The van der Waals surface area contributed by atoms with Crippen LogP contribution in [0.2, 0.25) is 5.02 Å². The second kappa shape index (κ2) is 5.45. The first kappa shape index (κ1) is 13.6. The van der Waals surface area contributed by atoms with Gasteiger partial charge in [0.15, 0.2) is 0 Å². The van der Waals surface area contributed by atoms with Crippen LogP contribution in [0.1, 0.15) is 23.7 Å². The Morgan fingerprint density at radius 1 is 1.50 bits per heavy atom. The van der Waals surface area contributed by atoms with Crippen molar-refractivity contribution in [3.8, 4) is 0 Å². The Labute approximate surface area is 116 Å². The number of piperidine rings is 1. The van der Waals surface area contributed by atoms with E-state index in [1.807, 2.05) is 0 Å². The minimum Gasteiger partial charge on any atom is -0.337 e. The standard InChI is InChI=1S/C13H14Cl2FNO/c1-8-5-6-17(7-10(8)14)13(18)9-3-2-4-11(16)12(9)15/h2-4,8,10H,5-7H2,1H3. The highest BCUT2D eigenvalue weighted by molar-refractivity contribution is 6.34. The molecule has 2 unspecified atom stereocenters. The number of carbonyl (C=O) groups excluding carboxylic acids is 1. The van der Waals surface area contributed by atoms with Gasteiger partial charge in [0.25, 0.3) is 5.91 Å². The molecule has 1 aliphatic rings. The average molecular weight is 290 g/mol. The molecular weight excluding hydrogens is 276 g/mol. The molecular formula is C13H14Cl2FNO. The van der Waals surface area contributed by atoms with Crippen molar-refractivity contribution >= 4 is 29.1 Å². The number of benzene rings is 1. The molecule has 0 radical (unpaired) electrons. The normalized spacial score (nSPS) is 24.1. The summed E-state index contributed by atoms with van der Waals surface area (Å²) in [6.45, 7) is 3.18. The van der Waals surface area contributed by atoms with E-state index in [1.54, 1.807) is 4.90 Å². The van der Waals surface area contributed by atoms with Crippen molar-refractivity contribution in [1.82, 2.24) is 4.90 Å². The van der Waals surface area contributed by atoms with Crippen molar-refractivity contribution in [1.29, 1.82) is 0 Å². The number of alkyl halides is 1. The minimum absolute atomic E-state index is 0.0602. The Bertz CT molecular complexity index is 466. The van der Waals surface area contributed by atoms with Crippen LogP contribution in [0.25, 0.3) is 0 Å². The van der Waals surface area contributed by atoms with Gasteiger partial charge >= 0.3 is 0 Å². The van der Waals surface area contributed by atoms with E-state index < -0.39 is 5.82 Å². The number of amides is 1. The molecule has 1 aliphatic heterocycles. The van der Waals surface area contributed by atoms with Crippen LogP contribution in [-0.4, -0.2) is 29.3 Å².